The number of thiazole rings is 1. The Hall–Kier alpha value is -2.48. The molecule has 0 spiro atoms. The maximum absolute atomic E-state index is 13.0. The lowest BCUT2D eigenvalue weighted by molar-refractivity contribution is -0.139. The molecule has 3 fully saturated rings. The standard InChI is InChI=1S/C20H22N4O3S/c1-20(12-8-9-12)18(26)24(19(27)22-20)11-16(25)23-10-4-6-14(23)17-21-13-5-2-3-7-15(13)28-17/h2-3,5,7,12,14H,4,6,8-11H2,1H3,(H,22,27). The Kier molecular flexibility index (Phi) is 3.94. The van der Waals surface area contributed by atoms with Crippen LogP contribution in [0.5, 0.6) is 0 Å². The summed E-state index contributed by atoms with van der Waals surface area (Å²) in [6.45, 7) is 2.20. The van der Waals surface area contributed by atoms with Crippen molar-refractivity contribution in [3.63, 3.8) is 0 Å². The Morgan fingerprint density at radius 1 is 1.29 bits per heavy atom. The highest BCUT2D eigenvalue weighted by Gasteiger charge is 2.56. The average molecular weight is 398 g/mol. The summed E-state index contributed by atoms with van der Waals surface area (Å²) in [7, 11) is 0. The van der Waals surface area contributed by atoms with E-state index in [9.17, 15) is 14.4 Å². The molecule has 2 saturated heterocycles. The molecule has 1 aromatic heterocycles. The van der Waals surface area contributed by atoms with Crippen LogP contribution in [0.3, 0.4) is 0 Å². The number of para-hydroxylation sites is 1. The van der Waals surface area contributed by atoms with E-state index in [1.54, 1.807) is 23.2 Å². The number of urea groups is 1. The van der Waals surface area contributed by atoms with E-state index in [0.717, 1.165) is 45.8 Å². The number of aromatic nitrogens is 1. The number of imide groups is 1. The Bertz CT molecular complexity index is 952. The van der Waals surface area contributed by atoms with Crippen molar-refractivity contribution in [2.75, 3.05) is 13.1 Å². The van der Waals surface area contributed by atoms with Crippen LogP contribution in [0.1, 0.15) is 43.7 Å². The molecule has 7 nitrogen and oxygen atoms in total. The third-order valence-electron chi connectivity index (χ3n) is 6.16. The van der Waals surface area contributed by atoms with E-state index in [2.05, 4.69) is 5.32 Å². The van der Waals surface area contributed by atoms with Crippen molar-refractivity contribution in [1.29, 1.82) is 0 Å². The lowest BCUT2D eigenvalue weighted by Crippen LogP contribution is -2.47. The van der Waals surface area contributed by atoms with E-state index in [0.29, 0.717) is 6.54 Å². The molecular weight excluding hydrogens is 376 g/mol. The summed E-state index contributed by atoms with van der Waals surface area (Å²) in [6.07, 6.45) is 3.63. The van der Waals surface area contributed by atoms with Gasteiger partial charge in [0.05, 0.1) is 16.3 Å². The number of benzene rings is 1. The lowest BCUT2D eigenvalue weighted by Gasteiger charge is -2.25. The van der Waals surface area contributed by atoms with Crippen molar-refractivity contribution in [3.8, 4) is 0 Å². The minimum Gasteiger partial charge on any atom is -0.332 e. The second-order valence-corrected chi connectivity index (χ2v) is 9.13. The number of carbonyl (C=O) groups is 3. The van der Waals surface area contributed by atoms with Gasteiger partial charge in [0.2, 0.25) is 5.91 Å². The molecule has 146 valence electrons. The largest absolute Gasteiger partial charge is 0.332 e. The zero-order valence-electron chi connectivity index (χ0n) is 15.7. The highest BCUT2D eigenvalue weighted by molar-refractivity contribution is 7.18. The van der Waals surface area contributed by atoms with Gasteiger partial charge in [0.1, 0.15) is 17.1 Å². The van der Waals surface area contributed by atoms with Gasteiger partial charge >= 0.3 is 6.03 Å². The zero-order valence-corrected chi connectivity index (χ0v) is 16.5. The number of fused-ring (bicyclic) bond motifs is 1. The second kappa shape index (κ2) is 6.27. The molecule has 2 aromatic rings. The second-order valence-electron chi connectivity index (χ2n) is 8.06. The molecule has 8 heteroatoms. The van der Waals surface area contributed by atoms with Gasteiger partial charge in [-0.25, -0.2) is 9.78 Å². The zero-order chi connectivity index (χ0) is 19.5. The number of hydrogen-bond acceptors (Lipinski definition) is 5. The summed E-state index contributed by atoms with van der Waals surface area (Å²) < 4.78 is 1.10. The number of nitrogens with one attached hydrogen (secondary N) is 1. The molecule has 3 heterocycles. The summed E-state index contributed by atoms with van der Waals surface area (Å²) in [4.78, 5) is 45.8. The summed E-state index contributed by atoms with van der Waals surface area (Å²) in [6, 6.07) is 7.41. The maximum atomic E-state index is 13.0. The molecule has 2 aliphatic heterocycles. The van der Waals surface area contributed by atoms with Gasteiger partial charge in [-0.05, 0) is 50.7 Å². The predicted molar refractivity (Wildman–Crippen MR) is 105 cm³/mol. The first-order chi connectivity index (χ1) is 13.5. The topological polar surface area (TPSA) is 82.6 Å². The van der Waals surface area contributed by atoms with Crippen molar-refractivity contribution < 1.29 is 14.4 Å². The van der Waals surface area contributed by atoms with Gasteiger partial charge < -0.3 is 10.2 Å². The Morgan fingerprint density at radius 3 is 2.82 bits per heavy atom. The van der Waals surface area contributed by atoms with Gasteiger partial charge in [0, 0.05) is 6.54 Å². The van der Waals surface area contributed by atoms with Crippen LogP contribution in [0.25, 0.3) is 10.2 Å². The molecule has 1 N–H and O–H groups in total. The fourth-order valence-electron chi connectivity index (χ4n) is 4.38. The fourth-order valence-corrected chi connectivity index (χ4v) is 5.49. The van der Waals surface area contributed by atoms with Gasteiger partial charge in [-0.2, -0.15) is 0 Å². The Balaban J connectivity index is 1.34. The highest BCUT2D eigenvalue weighted by atomic mass is 32.1. The summed E-state index contributed by atoms with van der Waals surface area (Å²) in [5, 5.41) is 3.73. The molecule has 1 aromatic carbocycles. The first-order valence-electron chi connectivity index (χ1n) is 9.76. The number of nitrogens with zero attached hydrogens (tertiary/aromatic N) is 3. The van der Waals surface area contributed by atoms with Gasteiger partial charge in [-0.3, -0.25) is 14.5 Å². The SMILES string of the molecule is CC1(C2CC2)NC(=O)N(CC(=O)N2CCCC2c2nc3ccccc3s2)C1=O. The molecule has 0 bridgehead atoms. The smallest absolute Gasteiger partial charge is 0.325 e. The van der Waals surface area contributed by atoms with Crippen LogP contribution < -0.4 is 5.32 Å². The molecule has 5 rings (SSSR count). The summed E-state index contributed by atoms with van der Waals surface area (Å²) in [5.74, 6) is -0.277. The van der Waals surface area contributed by atoms with Gasteiger partial charge in [-0.1, -0.05) is 12.1 Å². The monoisotopic (exact) mass is 398 g/mol. The molecule has 4 amide bonds. The minimum absolute atomic E-state index is 0.0829. The molecule has 3 aliphatic rings. The lowest BCUT2D eigenvalue weighted by atomic mass is 9.96. The van der Waals surface area contributed by atoms with Crippen LogP contribution in [0.15, 0.2) is 24.3 Å². The number of amides is 4. The maximum Gasteiger partial charge on any atom is 0.325 e. The summed E-state index contributed by atoms with van der Waals surface area (Å²) >= 11 is 1.61. The van der Waals surface area contributed by atoms with E-state index in [1.165, 1.54) is 0 Å². The van der Waals surface area contributed by atoms with Crippen molar-refractivity contribution in [1.82, 2.24) is 20.1 Å². The van der Waals surface area contributed by atoms with Crippen molar-refractivity contribution in [2.24, 2.45) is 5.92 Å². The van der Waals surface area contributed by atoms with Crippen LogP contribution in [0, 0.1) is 5.92 Å². The minimum atomic E-state index is -0.852. The average Bonchev–Trinajstić information content (AvgIpc) is 3.20. The Labute approximate surface area is 166 Å². The summed E-state index contributed by atoms with van der Waals surface area (Å²) in [5.41, 5.74) is 0.0885. The molecule has 28 heavy (non-hydrogen) atoms. The number of rotatable bonds is 4. The number of likely N-dealkylation sites (tertiary alicyclic amines) is 1. The first-order valence-corrected chi connectivity index (χ1v) is 10.6. The van der Waals surface area contributed by atoms with Crippen LogP contribution in [-0.2, 0) is 9.59 Å². The predicted octanol–water partition coefficient (Wildman–Crippen LogP) is 2.68. The van der Waals surface area contributed by atoms with Crippen LogP contribution in [-0.4, -0.2) is 51.3 Å². The third kappa shape index (κ3) is 2.70. The van der Waals surface area contributed by atoms with E-state index in [1.807, 2.05) is 24.3 Å². The van der Waals surface area contributed by atoms with Crippen LogP contribution >= 0.6 is 11.3 Å². The van der Waals surface area contributed by atoms with Gasteiger partial charge in [0.15, 0.2) is 0 Å². The fraction of sp³-hybridized carbons (Fsp3) is 0.500. The highest BCUT2D eigenvalue weighted by Crippen LogP contribution is 2.43. The molecule has 2 unspecified atom stereocenters. The van der Waals surface area contributed by atoms with Crippen molar-refractivity contribution in [2.45, 2.75) is 44.2 Å². The Morgan fingerprint density at radius 2 is 2.07 bits per heavy atom. The van der Waals surface area contributed by atoms with E-state index < -0.39 is 11.6 Å². The molecule has 2 atom stereocenters. The van der Waals surface area contributed by atoms with Gasteiger partial charge in [0.25, 0.3) is 5.91 Å². The molecule has 0 radical (unpaired) electrons. The van der Waals surface area contributed by atoms with Crippen molar-refractivity contribution in [3.05, 3.63) is 29.3 Å². The van der Waals surface area contributed by atoms with E-state index in [4.69, 9.17) is 4.98 Å². The van der Waals surface area contributed by atoms with Crippen molar-refractivity contribution >= 4 is 39.4 Å². The third-order valence-corrected chi connectivity index (χ3v) is 7.29. The van der Waals surface area contributed by atoms with E-state index in [-0.39, 0.29) is 30.3 Å². The number of carbonyl (C=O) groups excluding carboxylic acids is 3. The molecule has 1 aliphatic carbocycles. The molecule has 1 saturated carbocycles. The van der Waals surface area contributed by atoms with Crippen LogP contribution in [0.4, 0.5) is 4.79 Å². The number of hydrogen-bond donors (Lipinski definition) is 1. The molecular formula is C20H22N4O3S. The van der Waals surface area contributed by atoms with Crippen LogP contribution in [0.2, 0.25) is 0 Å². The normalized spacial score (nSPS) is 27.7. The quantitative estimate of drug-likeness (QED) is 0.803. The first kappa shape index (κ1) is 17.6. The van der Waals surface area contributed by atoms with Gasteiger partial charge in [-0.15, -0.1) is 11.3 Å². The van der Waals surface area contributed by atoms with E-state index >= 15 is 0 Å².